The molecule has 2 aromatic carbocycles. The Kier molecular flexibility index (Phi) is 3.31. The second-order valence-electron chi connectivity index (χ2n) is 4.43. The Bertz CT molecular complexity index is 918. The number of hydrogen-bond acceptors (Lipinski definition) is 3. The first kappa shape index (κ1) is 13.5. The van der Waals surface area contributed by atoms with E-state index < -0.39 is 5.97 Å². The topological polar surface area (TPSA) is 83.0 Å². The lowest BCUT2D eigenvalue weighted by molar-refractivity contribution is 0.0696. The summed E-state index contributed by atoms with van der Waals surface area (Å²) < 4.78 is 0.434. The van der Waals surface area contributed by atoms with E-state index in [0.29, 0.717) is 26.8 Å². The molecular formula is C15H9BrN2O3. The minimum Gasteiger partial charge on any atom is -0.478 e. The van der Waals surface area contributed by atoms with Gasteiger partial charge in [-0.15, -0.1) is 0 Å². The second kappa shape index (κ2) is 5.14. The van der Waals surface area contributed by atoms with Gasteiger partial charge >= 0.3 is 5.97 Å². The Morgan fingerprint density at radius 3 is 2.67 bits per heavy atom. The lowest BCUT2D eigenvalue weighted by atomic mass is 10.1. The molecule has 0 aliphatic carbocycles. The molecule has 3 rings (SSSR count). The number of benzene rings is 2. The number of hydrogen-bond donors (Lipinski definition) is 2. The van der Waals surface area contributed by atoms with Gasteiger partial charge in [0.25, 0.3) is 5.56 Å². The molecule has 0 bridgehead atoms. The van der Waals surface area contributed by atoms with Crippen LogP contribution in [-0.4, -0.2) is 21.0 Å². The third kappa shape index (κ3) is 2.45. The molecule has 5 nitrogen and oxygen atoms in total. The predicted octanol–water partition coefficient (Wildman–Crippen LogP) is 3.05. The van der Waals surface area contributed by atoms with Crippen LogP contribution in [0.25, 0.3) is 22.3 Å². The largest absolute Gasteiger partial charge is 0.478 e. The second-order valence-corrected chi connectivity index (χ2v) is 5.29. The SMILES string of the molecule is O=C(O)c1ccc(-c2nc3ccccc3c(=O)[nH]2)cc1Br. The zero-order chi connectivity index (χ0) is 15.0. The van der Waals surface area contributed by atoms with Gasteiger partial charge in [-0.2, -0.15) is 0 Å². The van der Waals surface area contributed by atoms with E-state index in [9.17, 15) is 9.59 Å². The smallest absolute Gasteiger partial charge is 0.336 e. The zero-order valence-electron chi connectivity index (χ0n) is 10.6. The maximum absolute atomic E-state index is 12.0. The van der Waals surface area contributed by atoms with Crippen molar-refractivity contribution in [2.45, 2.75) is 0 Å². The van der Waals surface area contributed by atoms with Crippen molar-refractivity contribution in [2.75, 3.05) is 0 Å². The third-order valence-corrected chi connectivity index (χ3v) is 3.74. The molecule has 6 heteroatoms. The van der Waals surface area contributed by atoms with Gasteiger partial charge in [0.2, 0.25) is 0 Å². The maximum atomic E-state index is 12.0. The Balaban J connectivity index is 2.19. The van der Waals surface area contributed by atoms with Crippen molar-refractivity contribution < 1.29 is 9.90 Å². The number of aromatic nitrogens is 2. The van der Waals surface area contributed by atoms with Gasteiger partial charge in [-0.05, 0) is 40.2 Å². The fourth-order valence-electron chi connectivity index (χ4n) is 2.06. The molecule has 21 heavy (non-hydrogen) atoms. The van der Waals surface area contributed by atoms with Crippen molar-refractivity contribution >= 4 is 32.8 Å². The molecule has 0 fully saturated rings. The van der Waals surface area contributed by atoms with E-state index in [-0.39, 0.29) is 11.1 Å². The summed E-state index contributed by atoms with van der Waals surface area (Å²) in [7, 11) is 0. The summed E-state index contributed by atoms with van der Waals surface area (Å²) >= 11 is 3.21. The fraction of sp³-hybridized carbons (Fsp3) is 0. The molecule has 1 aromatic heterocycles. The minimum absolute atomic E-state index is 0.155. The standard InChI is InChI=1S/C15H9BrN2O3/c16-11-7-8(5-6-9(11)15(20)21)13-17-12-4-2-1-3-10(12)14(19)18-13/h1-7H,(H,20,21)(H,17,18,19). The number of nitrogens with zero attached hydrogens (tertiary/aromatic N) is 1. The molecule has 0 saturated heterocycles. The first-order chi connectivity index (χ1) is 10.1. The molecule has 0 amide bonds. The van der Waals surface area contributed by atoms with Crippen LogP contribution in [0.1, 0.15) is 10.4 Å². The molecule has 2 N–H and O–H groups in total. The molecule has 0 atom stereocenters. The monoisotopic (exact) mass is 344 g/mol. The highest BCUT2D eigenvalue weighted by Gasteiger charge is 2.11. The van der Waals surface area contributed by atoms with Gasteiger partial charge in [0.05, 0.1) is 16.5 Å². The Hall–Kier alpha value is -2.47. The van der Waals surface area contributed by atoms with Crippen LogP contribution in [0.15, 0.2) is 51.7 Å². The Morgan fingerprint density at radius 1 is 1.19 bits per heavy atom. The summed E-state index contributed by atoms with van der Waals surface area (Å²) in [6.45, 7) is 0. The number of fused-ring (bicyclic) bond motifs is 1. The number of carboxylic acids is 1. The molecule has 0 spiro atoms. The van der Waals surface area contributed by atoms with Gasteiger partial charge in [0, 0.05) is 10.0 Å². The number of aromatic amines is 1. The number of para-hydroxylation sites is 1. The molecule has 0 saturated carbocycles. The van der Waals surface area contributed by atoms with Gasteiger partial charge < -0.3 is 10.1 Å². The van der Waals surface area contributed by atoms with Crippen molar-refractivity contribution in [3.63, 3.8) is 0 Å². The number of H-pyrrole nitrogens is 1. The zero-order valence-corrected chi connectivity index (χ0v) is 12.2. The summed E-state index contributed by atoms with van der Waals surface area (Å²) in [4.78, 5) is 30.1. The first-order valence-corrected chi connectivity index (χ1v) is 6.88. The van der Waals surface area contributed by atoms with Gasteiger partial charge in [-0.25, -0.2) is 9.78 Å². The highest BCUT2D eigenvalue weighted by molar-refractivity contribution is 9.10. The van der Waals surface area contributed by atoms with Crippen LogP contribution in [0.4, 0.5) is 0 Å². The van der Waals surface area contributed by atoms with Crippen LogP contribution in [0.3, 0.4) is 0 Å². The number of carbonyl (C=O) groups is 1. The Morgan fingerprint density at radius 2 is 1.95 bits per heavy atom. The molecule has 0 aliphatic heterocycles. The number of aromatic carboxylic acids is 1. The average Bonchev–Trinajstić information content (AvgIpc) is 2.46. The molecule has 1 heterocycles. The summed E-state index contributed by atoms with van der Waals surface area (Å²) in [6, 6.07) is 11.7. The average molecular weight is 345 g/mol. The van der Waals surface area contributed by atoms with Gasteiger partial charge in [0.15, 0.2) is 0 Å². The van der Waals surface area contributed by atoms with Gasteiger partial charge in [0.1, 0.15) is 5.82 Å². The van der Waals surface area contributed by atoms with E-state index in [0.717, 1.165) is 0 Å². The third-order valence-electron chi connectivity index (χ3n) is 3.09. The summed E-state index contributed by atoms with van der Waals surface area (Å²) in [5.41, 5.74) is 1.15. The van der Waals surface area contributed by atoms with Crippen molar-refractivity contribution in [3.05, 3.63) is 62.9 Å². The number of nitrogens with one attached hydrogen (secondary N) is 1. The molecular weight excluding hydrogens is 336 g/mol. The van der Waals surface area contributed by atoms with E-state index in [2.05, 4.69) is 25.9 Å². The van der Waals surface area contributed by atoms with Gasteiger partial charge in [-0.3, -0.25) is 4.79 Å². The van der Waals surface area contributed by atoms with E-state index in [1.165, 1.54) is 6.07 Å². The van der Waals surface area contributed by atoms with E-state index >= 15 is 0 Å². The van der Waals surface area contributed by atoms with Crippen molar-refractivity contribution in [2.24, 2.45) is 0 Å². The first-order valence-electron chi connectivity index (χ1n) is 6.08. The molecule has 0 radical (unpaired) electrons. The van der Waals surface area contributed by atoms with Crippen LogP contribution in [0.2, 0.25) is 0 Å². The van der Waals surface area contributed by atoms with Crippen LogP contribution in [0.5, 0.6) is 0 Å². The van der Waals surface area contributed by atoms with Crippen LogP contribution < -0.4 is 5.56 Å². The molecule has 0 aliphatic rings. The van der Waals surface area contributed by atoms with E-state index in [4.69, 9.17) is 5.11 Å². The quantitative estimate of drug-likeness (QED) is 0.748. The van der Waals surface area contributed by atoms with Gasteiger partial charge in [-0.1, -0.05) is 18.2 Å². The predicted molar refractivity (Wildman–Crippen MR) is 82.5 cm³/mol. The number of rotatable bonds is 2. The lowest BCUT2D eigenvalue weighted by Crippen LogP contribution is -2.09. The highest BCUT2D eigenvalue weighted by atomic mass is 79.9. The van der Waals surface area contributed by atoms with Crippen LogP contribution in [-0.2, 0) is 0 Å². The lowest BCUT2D eigenvalue weighted by Gasteiger charge is -2.05. The summed E-state index contributed by atoms with van der Waals surface area (Å²) in [5.74, 6) is -0.621. The Labute approximate surface area is 127 Å². The fourth-order valence-corrected chi connectivity index (χ4v) is 2.61. The number of halogens is 1. The molecule has 104 valence electrons. The normalized spacial score (nSPS) is 10.7. The number of carboxylic acid groups (broad SMARTS) is 1. The van der Waals surface area contributed by atoms with Crippen molar-refractivity contribution in [1.29, 1.82) is 0 Å². The summed E-state index contributed by atoms with van der Waals surface area (Å²) in [5, 5.41) is 9.53. The maximum Gasteiger partial charge on any atom is 0.336 e. The van der Waals surface area contributed by atoms with Crippen LogP contribution in [0, 0.1) is 0 Å². The molecule has 3 aromatic rings. The van der Waals surface area contributed by atoms with Crippen molar-refractivity contribution in [1.82, 2.24) is 9.97 Å². The highest BCUT2D eigenvalue weighted by Crippen LogP contribution is 2.24. The van der Waals surface area contributed by atoms with Crippen molar-refractivity contribution in [3.8, 4) is 11.4 Å². The van der Waals surface area contributed by atoms with E-state index in [1.807, 2.05) is 6.07 Å². The van der Waals surface area contributed by atoms with E-state index in [1.54, 1.807) is 30.3 Å². The molecule has 0 unspecified atom stereocenters. The minimum atomic E-state index is -1.02. The summed E-state index contributed by atoms with van der Waals surface area (Å²) in [6.07, 6.45) is 0. The van der Waals surface area contributed by atoms with Crippen LogP contribution >= 0.6 is 15.9 Å².